The van der Waals surface area contributed by atoms with Gasteiger partial charge in [-0.1, -0.05) is 11.6 Å². The summed E-state index contributed by atoms with van der Waals surface area (Å²) in [6.45, 7) is -0.358. The minimum absolute atomic E-state index is 0.0489. The van der Waals surface area contributed by atoms with Crippen molar-refractivity contribution in [2.45, 2.75) is 12.8 Å². The molecule has 0 spiro atoms. The van der Waals surface area contributed by atoms with Crippen molar-refractivity contribution in [3.63, 3.8) is 0 Å². The Bertz CT molecular complexity index is 488. The van der Waals surface area contributed by atoms with Crippen molar-refractivity contribution in [1.82, 2.24) is 0 Å². The molecule has 1 fully saturated rings. The minimum Gasteiger partial charge on any atom is -0.455 e. The van der Waals surface area contributed by atoms with Gasteiger partial charge in [0.05, 0.1) is 16.6 Å². The molecule has 1 N–H and O–H groups in total. The Morgan fingerprint density at radius 2 is 2.17 bits per heavy atom. The number of ether oxygens (including phenoxy) is 1. The summed E-state index contributed by atoms with van der Waals surface area (Å²) in [5, 5.41) is 2.53. The Morgan fingerprint density at radius 1 is 1.44 bits per heavy atom. The minimum atomic E-state index is -0.502. The lowest BCUT2D eigenvalue weighted by Gasteiger charge is -2.07. The zero-order chi connectivity index (χ0) is 13.1. The number of nitrogens with one attached hydrogen (secondary N) is 1. The third-order valence-corrected chi connectivity index (χ3v) is 2.77. The molecule has 6 heteroatoms. The Labute approximate surface area is 108 Å². The first kappa shape index (κ1) is 12.8. The molecule has 0 bridgehead atoms. The van der Waals surface area contributed by atoms with Gasteiger partial charge in [-0.25, -0.2) is 4.39 Å². The summed E-state index contributed by atoms with van der Waals surface area (Å²) in [5.74, 6) is -1.39. The van der Waals surface area contributed by atoms with Crippen LogP contribution in [0, 0.1) is 11.7 Å². The zero-order valence-corrected chi connectivity index (χ0v) is 10.2. The van der Waals surface area contributed by atoms with Crippen LogP contribution in [0.3, 0.4) is 0 Å². The van der Waals surface area contributed by atoms with Gasteiger partial charge in [0.2, 0.25) is 0 Å². The van der Waals surface area contributed by atoms with Crippen molar-refractivity contribution in [3.8, 4) is 0 Å². The lowest BCUT2D eigenvalue weighted by Crippen LogP contribution is -2.21. The van der Waals surface area contributed by atoms with E-state index in [1.807, 2.05) is 0 Å². The largest absolute Gasteiger partial charge is 0.455 e. The summed E-state index contributed by atoms with van der Waals surface area (Å²) in [7, 11) is 0. The van der Waals surface area contributed by atoms with Gasteiger partial charge in [-0.2, -0.15) is 0 Å². The third-order valence-electron chi connectivity index (χ3n) is 2.46. The molecule has 0 saturated heterocycles. The molecule has 1 aromatic rings. The normalized spacial score (nSPS) is 14.1. The third kappa shape index (κ3) is 3.43. The number of hydrogen-bond donors (Lipinski definition) is 1. The molecule has 1 amide bonds. The van der Waals surface area contributed by atoms with Gasteiger partial charge in [-0.05, 0) is 31.0 Å². The molecule has 2 rings (SSSR count). The van der Waals surface area contributed by atoms with E-state index in [9.17, 15) is 14.0 Å². The second-order valence-corrected chi connectivity index (χ2v) is 4.46. The summed E-state index contributed by atoms with van der Waals surface area (Å²) in [4.78, 5) is 22.7. The van der Waals surface area contributed by atoms with Crippen LogP contribution in [0.5, 0.6) is 0 Å². The number of anilines is 1. The number of carbonyl (C=O) groups is 2. The lowest BCUT2D eigenvalue weighted by molar-refractivity contribution is -0.148. The van der Waals surface area contributed by atoms with Crippen molar-refractivity contribution in [2.75, 3.05) is 11.9 Å². The molecule has 0 unspecified atom stereocenters. The zero-order valence-electron chi connectivity index (χ0n) is 9.41. The second-order valence-electron chi connectivity index (χ2n) is 4.05. The average Bonchev–Trinajstić information content (AvgIpc) is 3.14. The van der Waals surface area contributed by atoms with Gasteiger partial charge in [0.15, 0.2) is 6.61 Å². The molecule has 1 saturated carbocycles. The fraction of sp³-hybridized carbons (Fsp3) is 0.333. The molecular weight excluding hydrogens is 261 g/mol. The number of esters is 1. The van der Waals surface area contributed by atoms with Gasteiger partial charge in [0, 0.05) is 0 Å². The van der Waals surface area contributed by atoms with Crippen molar-refractivity contribution < 1.29 is 18.7 Å². The van der Waals surface area contributed by atoms with Crippen molar-refractivity contribution in [3.05, 3.63) is 29.0 Å². The fourth-order valence-corrected chi connectivity index (χ4v) is 1.57. The molecule has 0 atom stereocenters. The Hall–Kier alpha value is -1.62. The van der Waals surface area contributed by atoms with Crippen LogP contribution in [0.1, 0.15) is 12.8 Å². The number of benzene rings is 1. The summed E-state index contributed by atoms with van der Waals surface area (Å²) in [6.07, 6.45) is 1.65. The first-order valence-electron chi connectivity index (χ1n) is 5.48. The van der Waals surface area contributed by atoms with E-state index in [0.717, 1.165) is 18.9 Å². The van der Waals surface area contributed by atoms with Crippen molar-refractivity contribution in [2.24, 2.45) is 5.92 Å². The number of carbonyl (C=O) groups excluding carboxylic acids is 2. The highest BCUT2D eigenvalue weighted by molar-refractivity contribution is 6.33. The molecule has 96 valence electrons. The van der Waals surface area contributed by atoms with Crippen LogP contribution in [0.4, 0.5) is 10.1 Å². The molecular formula is C12H11ClFNO3. The van der Waals surface area contributed by atoms with E-state index in [0.29, 0.717) is 0 Å². The van der Waals surface area contributed by atoms with E-state index < -0.39 is 11.7 Å². The molecule has 1 aromatic carbocycles. The van der Waals surface area contributed by atoms with Crippen LogP contribution < -0.4 is 5.32 Å². The number of rotatable bonds is 4. The Kier molecular flexibility index (Phi) is 3.81. The van der Waals surface area contributed by atoms with Gasteiger partial charge in [0.25, 0.3) is 5.91 Å². The summed E-state index contributed by atoms with van der Waals surface area (Å²) in [5.41, 5.74) is 0.283. The molecule has 1 aliphatic carbocycles. The highest BCUT2D eigenvalue weighted by Gasteiger charge is 2.31. The molecule has 0 heterocycles. The van der Waals surface area contributed by atoms with Gasteiger partial charge < -0.3 is 10.1 Å². The quantitative estimate of drug-likeness (QED) is 0.856. The Morgan fingerprint density at radius 3 is 2.78 bits per heavy atom. The van der Waals surface area contributed by atoms with E-state index in [2.05, 4.69) is 5.32 Å². The maximum Gasteiger partial charge on any atom is 0.309 e. The molecule has 1 aliphatic rings. The predicted molar refractivity (Wildman–Crippen MR) is 63.7 cm³/mol. The molecule has 18 heavy (non-hydrogen) atoms. The van der Waals surface area contributed by atoms with Crippen molar-refractivity contribution in [1.29, 1.82) is 0 Å². The topological polar surface area (TPSA) is 55.4 Å². The maximum atomic E-state index is 12.8. The van der Waals surface area contributed by atoms with Crippen LogP contribution >= 0.6 is 11.6 Å². The predicted octanol–water partition coefficient (Wildman–Crippen LogP) is 2.37. The van der Waals surface area contributed by atoms with E-state index in [4.69, 9.17) is 16.3 Å². The van der Waals surface area contributed by atoms with Crippen LogP contribution in [0.2, 0.25) is 5.02 Å². The summed E-state index contributed by atoms with van der Waals surface area (Å²) >= 11 is 5.73. The van der Waals surface area contributed by atoms with Gasteiger partial charge >= 0.3 is 5.97 Å². The van der Waals surface area contributed by atoms with E-state index in [-0.39, 0.29) is 29.2 Å². The van der Waals surface area contributed by atoms with Crippen molar-refractivity contribution >= 4 is 29.2 Å². The summed E-state index contributed by atoms with van der Waals surface area (Å²) in [6, 6.07) is 3.61. The SMILES string of the molecule is O=C(COC(=O)C1CC1)Nc1ccc(F)cc1Cl. The standard InChI is InChI=1S/C12H11ClFNO3/c13-9-5-8(14)3-4-10(9)15-11(16)6-18-12(17)7-1-2-7/h3-5,7H,1-2,6H2,(H,15,16). The van der Waals surface area contributed by atoms with Crippen LogP contribution in [-0.4, -0.2) is 18.5 Å². The molecule has 0 aliphatic heterocycles. The van der Waals surface area contributed by atoms with Crippen LogP contribution in [0.25, 0.3) is 0 Å². The van der Waals surface area contributed by atoms with Gasteiger partial charge in [0.1, 0.15) is 5.82 Å². The van der Waals surface area contributed by atoms with E-state index in [1.54, 1.807) is 0 Å². The molecule has 0 aromatic heterocycles. The van der Waals surface area contributed by atoms with Crippen LogP contribution in [0.15, 0.2) is 18.2 Å². The van der Waals surface area contributed by atoms with Gasteiger partial charge in [-0.3, -0.25) is 9.59 Å². The average molecular weight is 272 g/mol. The highest BCUT2D eigenvalue weighted by Crippen LogP contribution is 2.30. The lowest BCUT2D eigenvalue weighted by atomic mass is 10.3. The number of amides is 1. The number of halogens is 2. The van der Waals surface area contributed by atoms with Gasteiger partial charge in [-0.15, -0.1) is 0 Å². The molecule has 4 nitrogen and oxygen atoms in total. The molecule has 0 radical (unpaired) electrons. The monoisotopic (exact) mass is 271 g/mol. The highest BCUT2D eigenvalue weighted by atomic mass is 35.5. The first-order valence-corrected chi connectivity index (χ1v) is 5.85. The summed E-state index contributed by atoms with van der Waals surface area (Å²) < 4.78 is 17.6. The number of hydrogen-bond acceptors (Lipinski definition) is 3. The first-order chi connectivity index (χ1) is 8.56. The smallest absolute Gasteiger partial charge is 0.309 e. The maximum absolute atomic E-state index is 12.8. The fourth-order valence-electron chi connectivity index (χ4n) is 1.35. The van der Waals surface area contributed by atoms with Crippen LogP contribution in [-0.2, 0) is 14.3 Å². The second kappa shape index (κ2) is 5.35. The van der Waals surface area contributed by atoms with E-state index in [1.165, 1.54) is 12.1 Å². The Balaban J connectivity index is 1.84. The van der Waals surface area contributed by atoms with E-state index >= 15 is 0 Å².